The van der Waals surface area contributed by atoms with Gasteiger partial charge in [0.05, 0.1) is 6.61 Å². The normalized spacial score (nSPS) is 23.8. The van der Waals surface area contributed by atoms with Gasteiger partial charge in [-0.3, -0.25) is 0 Å². The van der Waals surface area contributed by atoms with Crippen LogP contribution in [0.4, 0.5) is 0 Å². The standard InChI is InChI=1S/C11H12NO8P/c13-9(14)8-3-1-5-12(7-8)11(4-2-6-18-11)10(19-15)20-21(16)17/h1,3,5,7,10H,2,4,6H2,(H-2,13,14,15,16,17)/p+2. The fourth-order valence-corrected chi connectivity index (χ4v) is 2.63. The molecule has 0 aromatic carbocycles. The molecular weight excluding hydrogens is 305 g/mol. The average molecular weight is 319 g/mol. The maximum absolute atomic E-state index is 11.0. The van der Waals surface area contributed by atoms with Crippen molar-refractivity contribution in [3.05, 3.63) is 30.1 Å². The summed E-state index contributed by atoms with van der Waals surface area (Å²) in [5.41, 5.74) is -1.44. The molecule has 1 fully saturated rings. The SMILES string of the molecule is O=C(O)c1ccc[n+](C2(C(OO)O[P+](=O)O)CCCO2)c1. The van der Waals surface area contributed by atoms with Gasteiger partial charge in [-0.2, -0.15) is 9.45 Å². The molecule has 1 aromatic rings. The molecule has 114 valence electrons. The number of nitrogens with zero attached hydrogens (tertiary/aromatic N) is 1. The lowest BCUT2D eigenvalue weighted by molar-refractivity contribution is -0.824. The number of carboxylic acids is 1. The van der Waals surface area contributed by atoms with Crippen LogP contribution >= 0.6 is 8.25 Å². The van der Waals surface area contributed by atoms with Crippen LogP contribution < -0.4 is 4.57 Å². The Morgan fingerprint density at radius 3 is 2.86 bits per heavy atom. The molecule has 2 heterocycles. The molecule has 1 aliphatic heterocycles. The van der Waals surface area contributed by atoms with Crippen molar-refractivity contribution in [1.29, 1.82) is 0 Å². The van der Waals surface area contributed by atoms with Gasteiger partial charge in [-0.05, 0) is 12.5 Å². The summed E-state index contributed by atoms with van der Waals surface area (Å²) in [4.78, 5) is 24.0. The van der Waals surface area contributed by atoms with E-state index in [0.29, 0.717) is 19.4 Å². The van der Waals surface area contributed by atoms with Crippen molar-refractivity contribution in [2.75, 3.05) is 6.61 Å². The summed E-state index contributed by atoms with van der Waals surface area (Å²) in [5, 5.41) is 18.0. The predicted octanol–water partition coefficient (Wildman–Crippen LogP) is 0.617. The molecule has 3 N–H and O–H groups in total. The van der Waals surface area contributed by atoms with Crippen LogP contribution in [0.5, 0.6) is 0 Å². The Hall–Kier alpha value is -1.48. The fourth-order valence-electron chi connectivity index (χ4n) is 2.26. The second-order valence-corrected chi connectivity index (χ2v) is 5.07. The van der Waals surface area contributed by atoms with Gasteiger partial charge in [-0.1, -0.05) is 4.52 Å². The van der Waals surface area contributed by atoms with Crippen LogP contribution in [0.2, 0.25) is 0 Å². The maximum Gasteiger partial charge on any atom is 0.697 e. The number of aromatic carboxylic acids is 1. The van der Waals surface area contributed by atoms with Gasteiger partial charge < -0.3 is 9.84 Å². The number of carboxylic acid groups (broad SMARTS) is 1. The Morgan fingerprint density at radius 2 is 2.33 bits per heavy atom. The Balaban J connectivity index is 2.44. The van der Waals surface area contributed by atoms with Crippen LogP contribution in [0, 0.1) is 0 Å². The van der Waals surface area contributed by atoms with Crippen LogP contribution in [-0.4, -0.2) is 34.1 Å². The van der Waals surface area contributed by atoms with E-state index < -0.39 is 26.2 Å². The van der Waals surface area contributed by atoms with E-state index in [9.17, 15) is 9.36 Å². The fraction of sp³-hybridized carbons (Fsp3) is 0.455. The Bertz CT molecular complexity index is 545. The second-order valence-electron chi connectivity index (χ2n) is 4.38. The molecule has 2 rings (SSSR count). The van der Waals surface area contributed by atoms with Crippen LogP contribution in [-0.2, 0) is 24.4 Å². The molecule has 0 bridgehead atoms. The van der Waals surface area contributed by atoms with E-state index >= 15 is 0 Å². The van der Waals surface area contributed by atoms with Gasteiger partial charge in [0, 0.05) is 17.1 Å². The summed E-state index contributed by atoms with van der Waals surface area (Å²) in [6.45, 7) is 0.301. The summed E-state index contributed by atoms with van der Waals surface area (Å²) in [5.74, 6) is -1.15. The lowest BCUT2D eigenvalue weighted by Gasteiger charge is -2.24. The third kappa shape index (κ3) is 3.24. The number of hydrogen-bond donors (Lipinski definition) is 3. The van der Waals surface area contributed by atoms with Gasteiger partial charge in [0.2, 0.25) is 0 Å². The highest BCUT2D eigenvalue weighted by atomic mass is 31.1. The van der Waals surface area contributed by atoms with Gasteiger partial charge >= 0.3 is 26.2 Å². The zero-order valence-corrected chi connectivity index (χ0v) is 11.7. The third-order valence-electron chi connectivity index (χ3n) is 3.17. The van der Waals surface area contributed by atoms with Gasteiger partial charge in [0.15, 0.2) is 12.4 Å². The third-order valence-corrected chi connectivity index (χ3v) is 3.54. The molecule has 0 aliphatic carbocycles. The number of hydrogen-bond acceptors (Lipinski definition) is 6. The topological polar surface area (TPSA) is 126 Å². The van der Waals surface area contributed by atoms with Crippen LogP contribution in [0.25, 0.3) is 0 Å². The first kappa shape index (κ1) is 15.9. The molecule has 1 aliphatic rings. The van der Waals surface area contributed by atoms with Gasteiger partial charge in [0.1, 0.15) is 5.56 Å². The molecule has 1 aromatic heterocycles. The van der Waals surface area contributed by atoms with E-state index in [1.54, 1.807) is 0 Å². The number of ether oxygens (including phenoxy) is 1. The van der Waals surface area contributed by atoms with Gasteiger partial charge in [0.25, 0.3) is 0 Å². The first-order chi connectivity index (χ1) is 9.99. The molecule has 3 unspecified atom stereocenters. The zero-order valence-electron chi connectivity index (χ0n) is 10.8. The van der Waals surface area contributed by atoms with Crippen LogP contribution in [0.3, 0.4) is 0 Å². The van der Waals surface area contributed by atoms with Crippen molar-refractivity contribution in [2.45, 2.75) is 24.9 Å². The number of aromatic nitrogens is 1. The molecule has 0 amide bonds. The Morgan fingerprint density at radius 1 is 1.57 bits per heavy atom. The molecule has 1 saturated heterocycles. The van der Waals surface area contributed by atoms with E-state index in [2.05, 4.69) is 9.41 Å². The minimum atomic E-state index is -3.05. The first-order valence-electron chi connectivity index (χ1n) is 6.02. The van der Waals surface area contributed by atoms with E-state index in [1.165, 1.54) is 29.1 Å². The van der Waals surface area contributed by atoms with Gasteiger partial charge in [-0.25, -0.2) is 10.1 Å². The van der Waals surface area contributed by atoms with E-state index in [1.807, 2.05) is 0 Å². The highest BCUT2D eigenvalue weighted by Gasteiger charge is 2.58. The maximum atomic E-state index is 11.0. The van der Waals surface area contributed by atoms with E-state index in [0.717, 1.165) is 0 Å². The molecule has 21 heavy (non-hydrogen) atoms. The van der Waals surface area contributed by atoms with Crippen molar-refractivity contribution in [3.63, 3.8) is 0 Å². The molecular formula is C11H14NO8P+2. The first-order valence-corrected chi connectivity index (χ1v) is 7.15. The van der Waals surface area contributed by atoms with Gasteiger partial charge in [-0.15, -0.1) is 4.89 Å². The Labute approximate surface area is 120 Å². The highest BCUT2D eigenvalue weighted by Crippen LogP contribution is 2.35. The van der Waals surface area contributed by atoms with Crippen molar-refractivity contribution in [1.82, 2.24) is 0 Å². The lowest BCUT2D eigenvalue weighted by Crippen LogP contribution is -2.63. The number of pyridine rings is 1. The van der Waals surface area contributed by atoms with Crippen LogP contribution in [0.1, 0.15) is 23.2 Å². The smallest absolute Gasteiger partial charge is 0.477 e. The lowest BCUT2D eigenvalue weighted by atomic mass is 10.1. The van der Waals surface area contributed by atoms with Crippen molar-refractivity contribution < 1.29 is 43.3 Å². The van der Waals surface area contributed by atoms with Crippen molar-refractivity contribution in [2.24, 2.45) is 0 Å². The summed E-state index contributed by atoms with van der Waals surface area (Å²) in [6, 6.07) is 2.85. The molecule has 0 saturated carbocycles. The minimum absolute atomic E-state index is 0.0162. The number of rotatable bonds is 6. The quantitative estimate of drug-likeness (QED) is 0.229. The summed E-state index contributed by atoms with van der Waals surface area (Å²) < 4.78 is 22.4. The predicted molar refractivity (Wildman–Crippen MR) is 65.2 cm³/mol. The molecule has 3 atom stereocenters. The zero-order chi connectivity index (χ0) is 15.5. The average Bonchev–Trinajstić information content (AvgIpc) is 2.95. The summed E-state index contributed by atoms with van der Waals surface area (Å²) in [6.07, 6.45) is 2.07. The van der Waals surface area contributed by atoms with Crippen molar-refractivity contribution >= 4 is 14.2 Å². The highest BCUT2D eigenvalue weighted by molar-refractivity contribution is 7.32. The monoisotopic (exact) mass is 319 g/mol. The van der Waals surface area contributed by atoms with E-state index in [-0.39, 0.29) is 5.56 Å². The minimum Gasteiger partial charge on any atom is -0.477 e. The molecule has 9 nitrogen and oxygen atoms in total. The molecule has 10 heteroatoms. The van der Waals surface area contributed by atoms with Crippen molar-refractivity contribution in [3.8, 4) is 0 Å². The molecule has 0 spiro atoms. The number of carbonyl (C=O) groups is 1. The summed E-state index contributed by atoms with van der Waals surface area (Å²) in [7, 11) is -3.05. The Kier molecular flexibility index (Phi) is 4.94. The van der Waals surface area contributed by atoms with Crippen LogP contribution in [0.15, 0.2) is 24.5 Å². The largest absolute Gasteiger partial charge is 0.697 e. The van der Waals surface area contributed by atoms with E-state index in [4.69, 9.17) is 20.0 Å². The second kappa shape index (κ2) is 6.52. The molecule has 0 radical (unpaired) electrons. The summed E-state index contributed by atoms with van der Waals surface area (Å²) >= 11 is 0.